The number of esters is 1. The normalized spacial score (nSPS) is 14.9. The second-order valence-corrected chi connectivity index (χ2v) is 7.36. The molecule has 0 spiro atoms. The Labute approximate surface area is 170 Å². The van der Waals surface area contributed by atoms with Crippen LogP contribution in [0.5, 0.6) is 5.75 Å². The van der Waals surface area contributed by atoms with Crippen molar-refractivity contribution in [2.75, 3.05) is 13.2 Å². The molecule has 0 unspecified atom stereocenters. The monoisotopic (exact) mass is 392 g/mol. The van der Waals surface area contributed by atoms with E-state index in [9.17, 15) is 14.9 Å². The minimum Gasteiger partial charge on any atom is -0.482 e. The quantitative estimate of drug-likeness (QED) is 0.663. The Morgan fingerprint density at radius 1 is 1.10 bits per heavy atom. The molecular weight excluding hydrogens is 368 g/mol. The highest BCUT2D eigenvalue weighted by atomic mass is 16.6. The first kappa shape index (κ1) is 20.4. The molecule has 1 amide bonds. The summed E-state index contributed by atoms with van der Waals surface area (Å²) in [5.74, 6) is -0.362. The maximum absolute atomic E-state index is 12.0. The number of rotatable bonds is 9. The number of carbonyl (C=O) groups is 2. The van der Waals surface area contributed by atoms with Gasteiger partial charge in [0.15, 0.2) is 13.2 Å². The van der Waals surface area contributed by atoms with Gasteiger partial charge in [0.2, 0.25) is 0 Å². The number of ether oxygens (including phenoxy) is 2. The molecule has 1 aliphatic carbocycles. The van der Waals surface area contributed by atoms with E-state index in [2.05, 4.69) is 11.4 Å². The van der Waals surface area contributed by atoms with Gasteiger partial charge in [0.1, 0.15) is 11.3 Å². The van der Waals surface area contributed by atoms with E-state index in [0.29, 0.717) is 12.2 Å². The van der Waals surface area contributed by atoms with E-state index in [0.717, 1.165) is 24.0 Å². The lowest BCUT2D eigenvalue weighted by Crippen LogP contribution is -2.48. The van der Waals surface area contributed by atoms with E-state index in [-0.39, 0.29) is 12.5 Å². The van der Waals surface area contributed by atoms with Crippen LogP contribution >= 0.6 is 0 Å². The predicted molar refractivity (Wildman–Crippen MR) is 107 cm³/mol. The molecule has 2 aromatic rings. The lowest BCUT2D eigenvalue weighted by molar-refractivity contribution is -0.150. The van der Waals surface area contributed by atoms with Crippen molar-refractivity contribution in [3.8, 4) is 11.8 Å². The molecule has 150 valence electrons. The highest BCUT2D eigenvalue weighted by Crippen LogP contribution is 2.39. The van der Waals surface area contributed by atoms with Crippen molar-refractivity contribution in [2.45, 2.75) is 31.7 Å². The Hall–Kier alpha value is -3.33. The highest BCUT2D eigenvalue weighted by Gasteiger charge is 2.43. The Kier molecular flexibility index (Phi) is 6.50. The Balaban J connectivity index is 1.47. The molecule has 1 saturated carbocycles. The highest BCUT2D eigenvalue weighted by molar-refractivity contribution is 5.81. The molecule has 0 saturated heterocycles. The molecule has 3 rings (SSSR count). The zero-order valence-electron chi connectivity index (χ0n) is 16.4. The fourth-order valence-corrected chi connectivity index (χ4v) is 3.14. The van der Waals surface area contributed by atoms with E-state index in [1.165, 1.54) is 0 Å². The van der Waals surface area contributed by atoms with Gasteiger partial charge >= 0.3 is 5.97 Å². The molecule has 1 aliphatic rings. The van der Waals surface area contributed by atoms with E-state index < -0.39 is 24.0 Å². The van der Waals surface area contributed by atoms with Crippen molar-refractivity contribution in [3.05, 3.63) is 65.7 Å². The third-order valence-corrected chi connectivity index (χ3v) is 4.94. The lowest BCUT2D eigenvalue weighted by Gasteiger charge is -2.22. The van der Waals surface area contributed by atoms with Crippen LogP contribution in [0.1, 0.15) is 30.9 Å². The SMILES string of the molecule is C[C@](C#N)(NC(=O)COC(=O)COc1ccccc1Cc1ccccc1)C1CC1. The number of para-hydroxylation sites is 1. The summed E-state index contributed by atoms with van der Waals surface area (Å²) < 4.78 is 10.6. The third-order valence-electron chi connectivity index (χ3n) is 4.94. The first-order valence-electron chi connectivity index (χ1n) is 9.62. The molecule has 0 heterocycles. The average molecular weight is 392 g/mol. The number of benzene rings is 2. The summed E-state index contributed by atoms with van der Waals surface area (Å²) in [4.78, 5) is 24.0. The molecule has 6 heteroatoms. The second kappa shape index (κ2) is 9.24. The van der Waals surface area contributed by atoms with Crippen LogP contribution in [0.4, 0.5) is 0 Å². The maximum Gasteiger partial charge on any atom is 0.344 e. The number of nitriles is 1. The van der Waals surface area contributed by atoms with Gasteiger partial charge in [-0.2, -0.15) is 5.26 Å². The first-order chi connectivity index (χ1) is 14.0. The molecule has 1 fully saturated rings. The van der Waals surface area contributed by atoms with Gasteiger partial charge in [0, 0.05) is 6.42 Å². The third kappa shape index (κ3) is 5.82. The van der Waals surface area contributed by atoms with Crippen LogP contribution in [-0.4, -0.2) is 30.6 Å². The number of hydrogen-bond acceptors (Lipinski definition) is 5. The molecule has 6 nitrogen and oxygen atoms in total. The van der Waals surface area contributed by atoms with Crippen LogP contribution in [0.2, 0.25) is 0 Å². The van der Waals surface area contributed by atoms with E-state index in [1.54, 1.807) is 13.0 Å². The summed E-state index contributed by atoms with van der Waals surface area (Å²) in [5.41, 5.74) is 1.19. The first-order valence-corrected chi connectivity index (χ1v) is 9.62. The minimum atomic E-state index is -0.906. The van der Waals surface area contributed by atoms with Crippen molar-refractivity contribution in [2.24, 2.45) is 5.92 Å². The van der Waals surface area contributed by atoms with Crippen molar-refractivity contribution < 1.29 is 19.1 Å². The summed E-state index contributed by atoms with van der Waals surface area (Å²) in [6.07, 6.45) is 2.52. The molecule has 1 atom stereocenters. The number of nitrogens with zero attached hydrogens (tertiary/aromatic N) is 1. The van der Waals surface area contributed by atoms with Crippen LogP contribution < -0.4 is 10.1 Å². The predicted octanol–water partition coefficient (Wildman–Crippen LogP) is 3.01. The number of nitrogens with one attached hydrogen (secondary N) is 1. The molecule has 29 heavy (non-hydrogen) atoms. The molecular formula is C23H24N2O4. The van der Waals surface area contributed by atoms with Crippen LogP contribution in [0, 0.1) is 17.2 Å². The van der Waals surface area contributed by atoms with E-state index in [1.807, 2.05) is 48.5 Å². The fourth-order valence-electron chi connectivity index (χ4n) is 3.14. The molecule has 0 radical (unpaired) electrons. The standard InChI is InChI=1S/C23H24N2O4/c1-23(16-24,19-11-12-19)25-21(26)14-29-22(27)15-28-20-10-6-5-9-18(20)13-17-7-3-2-4-8-17/h2-10,19H,11-15H2,1H3,(H,25,26)/t23-/m1/s1. The Morgan fingerprint density at radius 3 is 2.48 bits per heavy atom. The summed E-state index contributed by atoms with van der Waals surface area (Å²) in [5, 5.41) is 11.9. The number of hydrogen-bond donors (Lipinski definition) is 1. The van der Waals surface area contributed by atoms with Crippen molar-refractivity contribution in [3.63, 3.8) is 0 Å². The number of amides is 1. The Morgan fingerprint density at radius 2 is 1.79 bits per heavy atom. The van der Waals surface area contributed by atoms with Crippen molar-refractivity contribution >= 4 is 11.9 Å². The fraction of sp³-hybridized carbons (Fsp3) is 0.348. The van der Waals surface area contributed by atoms with Gasteiger partial charge in [-0.05, 0) is 42.9 Å². The maximum atomic E-state index is 12.0. The molecule has 0 bridgehead atoms. The summed E-state index contributed by atoms with van der Waals surface area (Å²) in [6, 6.07) is 19.6. The van der Waals surface area contributed by atoms with Gasteiger partial charge in [-0.3, -0.25) is 4.79 Å². The largest absolute Gasteiger partial charge is 0.482 e. The average Bonchev–Trinajstić information content (AvgIpc) is 3.58. The molecule has 0 aliphatic heterocycles. The van der Waals surface area contributed by atoms with E-state index in [4.69, 9.17) is 9.47 Å². The van der Waals surface area contributed by atoms with Gasteiger partial charge in [0.25, 0.3) is 5.91 Å². The van der Waals surface area contributed by atoms with Gasteiger partial charge in [0.05, 0.1) is 6.07 Å². The summed E-state index contributed by atoms with van der Waals surface area (Å²) in [7, 11) is 0. The zero-order valence-corrected chi connectivity index (χ0v) is 16.4. The number of carbonyl (C=O) groups excluding carboxylic acids is 2. The Bertz CT molecular complexity index is 903. The minimum absolute atomic E-state index is 0.164. The molecule has 0 aromatic heterocycles. The molecule has 1 N–H and O–H groups in total. The van der Waals surface area contributed by atoms with Gasteiger partial charge in [-0.25, -0.2) is 4.79 Å². The summed E-state index contributed by atoms with van der Waals surface area (Å²) >= 11 is 0. The van der Waals surface area contributed by atoms with Crippen LogP contribution in [0.25, 0.3) is 0 Å². The van der Waals surface area contributed by atoms with Gasteiger partial charge in [-0.15, -0.1) is 0 Å². The van der Waals surface area contributed by atoms with Crippen LogP contribution in [0.15, 0.2) is 54.6 Å². The van der Waals surface area contributed by atoms with E-state index >= 15 is 0 Å². The van der Waals surface area contributed by atoms with Crippen LogP contribution in [0.3, 0.4) is 0 Å². The second-order valence-electron chi connectivity index (χ2n) is 7.36. The topological polar surface area (TPSA) is 88.4 Å². The lowest BCUT2D eigenvalue weighted by atomic mass is 9.98. The smallest absolute Gasteiger partial charge is 0.344 e. The molecule has 2 aromatic carbocycles. The zero-order chi connectivity index (χ0) is 20.7. The van der Waals surface area contributed by atoms with Crippen molar-refractivity contribution in [1.29, 1.82) is 5.26 Å². The van der Waals surface area contributed by atoms with Gasteiger partial charge in [-0.1, -0.05) is 48.5 Å². The van der Waals surface area contributed by atoms with Crippen molar-refractivity contribution in [1.82, 2.24) is 5.32 Å². The van der Waals surface area contributed by atoms with Crippen LogP contribution in [-0.2, 0) is 20.7 Å². The summed E-state index contributed by atoms with van der Waals surface area (Å²) in [6.45, 7) is 0.965. The van der Waals surface area contributed by atoms with Gasteiger partial charge < -0.3 is 14.8 Å².